The van der Waals surface area contributed by atoms with Crippen LogP contribution in [0.15, 0.2) is 65.8 Å². The van der Waals surface area contributed by atoms with Gasteiger partial charge in [0, 0.05) is 13.1 Å². The normalized spacial score (nSPS) is 15.6. The van der Waals surface area contributed by atoms with Crippen molar-refractivity contribution in [3.05, 3.63) is 71.8 Å². The van der Waals surface area contributed by atoms with Gasteiger partial charge in [-0.3, -0.25) is 9.69 Å². The fourth-order valence-corrected chi connectivity index (χ4v) is 3.05. The van der Waals surface area contributed by atoms with Crippen LogP contribution in [0.25, 0.3) is 0 Å². The Morgan fingerprint density at radius 1 is 1.06 bits per heavy atom. The molecule has 32 heavy (non-hydrogen) atoms. The highest BCUT2D eigenvalue weighted by atomic mass is 16.6. The first kappa shape index (κ1) is 23.3. The summed E-state index contributed by atoms with van der Waals surface area (Å²) in [5.74, 6) is 0.167. The van der Waals surface area contributed by atoms with E-state index in [9.17, 15) is 9.59 Å². The number of amidine groups is 1. The van der Waals surface area contributed by atoms with Crippen molar-refractivity contribution in [3.8, 4) is 0 Å². The molecule has 2 aromatic rings. The highest BCUT2D eigenvalue weighted by molar-refractivity contribution is 6.06. The molecule has 1 aliphatic heterocycles. The average molecular weight is 437 g/mol. The van der Waals surface area contributed by atoms with Crippen LogP contribution >= 0.6 is 0 Å². The molecule has 0 saturated carbocycles. The predicted molar refractivity (Wildman–Crippen MR) is 123 cm³/mol. The van der Waals surface area contributed by atoms with Gasteiger partial charge in [0.2, 0.25) is 0 Å². The topological polar surface area (TPSA) is 104 Å². The minimum absolute atomic E-state index is 0.202. The lowest BCUT2D eigenvalue weighted by Gasteiger charge is -2.28. The summed E-state index contributed by atoms with van der Waals surface area (Å²) in [6, 6.07) is 18.7. The van der Waals surface area contributed by atoms with Gasteiger partial charge < -0.3 is 20.0 Å². The SMILES string of the molecule is BN[C@H](COCc1ccccc1)C(=O)N/N=C1/CN(C(=O)OCc2ccccc2)CCN1. The monoisotopic (exact) mass is 437 g/mol. The molecule has 168 valence electrons. The fraction of sp³-hybridized carbons (Fsp3) is 0.318. The van der Waals surface area contributed by atoms with E-state index in [2.05, 4.69) is 21.1 Å². The number of nitrogens with zero attached hydrogens (tertiary/aromatic N) is 2. The number of amides is 2. The summed E-state index contributed by atoms with van der Waals surface area (Å²) in [4.78, 5) is 26.3. The first-order valence-electron chi connectivity index (χ1n) is 10.5. The van der Waals surface area contributed by atoms with Crippen molar-refractivity contribution in [2.75, 3.05) is 26.2 Å². The second kappa shape index (κ2) is 12.5. The number of hydrazone groups is 1. The maximum atomic E-state index is 12.4. The van der Waals surface area contributed by atoms with Crippen LogP contribution in [0.1, 0.15) is 11.1 Å². The predicted octanol–water partition coefficient (Wildman–Crippen LogP) is 0.381. The van der Waals surface area contributed by atoms with Crippen molar-refractivity contribution in [1.82, 2.24) is 20.9 Å². The van der Waals surface area contributed by atoms with E-state index in [0.29, 0.717) is 25.5 Å². The lowest BCUT2D eigenvalue weighted by atomic mass is 10.2. The number of piperazine rings is 1. The van der Waals surface area contributed by atoms with Crippen molar-refractivity contribution in [3.63, 3.8) is 0 Å². The summed E-state index contributed by atoms with van der Waals surface area (Å²) in [5, 5.41) is 10.1. The minimum atomic E-state index is -0.557. The van der Waals surface area contributed by atoms with Crippen molar-refractivity contribution < 1.29 is 19.1 Å². The van der Waals surface area contributed by atoms with Crippen LogP contribution in [0.2, 0.25) is 0 Å². The third-order valence-corrected chi connectivity index (χ3v) is 4.88. The number of ether oxygens (including phenoxy) is 2. The maximum absolute atomic E-state index is 12.4. The number of nitrogens with one attached hydrogen (secondary N) is 3. The van der Waals surface area contributed by atoms with E-state index in [4.69, 9.17) is 9.47 Å². The van der Waals surface area contributed by atoms with Crippen LogP contribution in [0, 0.1) is 0 Å². The molecule has 1 fully saturated rings. The molecule has 0 radical (unpaired) electrons. The van der Waals surface area contributed by atoms with Gasteiger partial charge in [-0.05, 0) is 11.1 Å². The third kappa shape index (κ3) is 7.40. The van der Waals surface area contributed by atoms with Gasteiger partial charge >= 0.3 is 6.09 Å². The van der Waals surface area contributed by atoms with Crippen LogP contribution in [0.3, 0.4) is 0 Å². The van der Waals surface area contributed by atoms with Crippen LogP contribution < -0.4 is 16.0 Å². The molecule has 1 atom stereocenters. The molecule has 3 rings (SSSR count). The lowest BCUT2D eigenvalue weighted by Crippen LogP contribution is -2.51. The molecule has 3 N–H and O–H groups in total. The summed E-state index contributed by atoms with van der Waals surface area (Å²) in [7, 11) is 1.69. The molecular formula is C22H28BN5O4. The van der Waals surface area contributed by atoms with Crippen molar-refractivity contribution in [2.45, 2.75) is 19.3 Å². The minimum Gasteiger partial charge on any atom is -0.445 e. The maximum Gasteiger partial charge on any atom is 0.410 e. The van der Waals surface area contributed by atoms with E-state index >= 15 is 0 Å². The molecule has 2 amide bonds. The first-order valence-corrected chi connectivity index (χ1v) is 10.5. The van der Waals surface area contributed by atoms with Gasteiger partial charge in [-0.1, -0.05) is 60.7 Å². The fourth-order valence-electron chi connectivity index (χ4n) is 3.05. The molecule has 0 spiro atoms. The average Bonchev–Trinajstić information content (AvgIpc) is 2.85. The van der Waals surface area contributed by atoms with E-state index in [0.717, 1.165) is 11.1 Å². The molecule has 10 heteroatoms. The summed E-state index contributed by atoms with van der Waals surface area (Å²) in [6.45, 7) is 2.07. The molecule has 2 aromatic carbocycles. The van der Waals surface area contributed by atoms with E-state index in [1.54, 1.807) is 12.9 Å². The molecule has 9 nitrogen and oxygen atoms in total. The second-order valence-corrected chi connectivity index (χ2v) is 7.27. The Bertz CT molecular complexity index is 898. The highest BCUT2D eigenvalue weighted by Gasteiger charge is 2.22. The smallest absolute Gasteiger partial charge is 0.410 e. The standard InChI is InChI=1S/C22H28BN5O4/c23-25-19(16-31-14-17-7-3-1-4-8-17)21(29)27-26-20-13-28(12-11-24-20)22(30)32-15-18-9-5-2-6-10-18/h1-10,19,25H,11-16,23H2,(H,24,26)(H,27,29)/t19-/m1/s1. The van der Waals surface area contributed by atoms with Crippen molar-refractivity contribution in [2.24, 2.45) is 5.10 Å². The quantitative estimate of drug-likeness (QED) is 0.387. The lowest BCUT2D eigenvalue weighted by molar-refractivity contribution is -0.124. The highest BCUT2D eigenvalue weighted by Crippen LogP contribution is 2.05. The molecule has 0 bridgehead atoms. The molecule has 0 aromatic heterocycles. The van der Waals surface area contributed by atoms with E-state index in [1.807, 2.05) is 60.7 Å². The van der Waals surface area contributed by atoms with Crippen molar-refractivity contribution >= 4 is 25.8 Å². The Hall–Kier alpha value is -3.37. The van der Waals surface area contributed by atoms with Crippen LogP contribution in [-0.4, -0.2) is 63.0 Å². The Morgan fingerprint density at radius 3 is 2.38 bits per heavy atom. The Labute approximate surface area is 188 Å². The van der Waals surface area contributed by atoms with Gasteiger partial charge in [-0.25, -0.2) is 10.2 Å². The molecule has 0 unspecified atom stereocenters. The Kier molecular flexibility index (Phi) is 9.09. The van der Waals surface area contributed by atoms with Gasteiger partial charge in [0.05, 0.1) is 19.8 Å². The van der Waals surface area contributed by atoms with Gasteiger partial charge in [0.15, 0.2) is 7.98 Å². The number of rotatable bonds is 9. The van der Waals surface area contributed by atoms with Gasteiger partial charge in [0.25, 0.3) is 5.91 Å². The third-order valence-electron chi connectivity index (χ3n) is 4.88. The summed E-state index contributed by atoms with van der Waals surface area (Å²) in [5.41, 5.74) is 4.49. The number of benzene rings is 2. The summed E-state index contributed by atoms with van der Waals surface area (Å²) >= 11 is 0. The summed E-state index contributed by atoms with van der Waals surface area (Å²) < 4.78 is 11.0. The summed E-state index contributed by atoms with van der Waals surface area (Å²) in [6.07, 6.45) is -0.420. The van der Waals surface area contributed by atoms with E-state index in [1.165, 1.54) is 0 Å². The van der Waals surface area contributed by atoms with Crippen LogP contribution in [0.4, 0.5) is 4.79 Å². The van der Waals surface area contributed by atoms with Gasteiger partial charge in [0.1, 0.15) is 18.5 Å². The number of carbonyl (C=O) groups excluding carboxylic acids is 2. The molecular weight excluding hydrogens is 409 g/mol. The molecule has 1 saturated heterocycles. The largest absolute Gasteiger partial charge is 0.445 e. The van der Waals surface area contributed by atoms with Gasteiger partial charge in [-0.15, -0.1) is 0 Å². The Balaban J connectivity index is 1.43. The van der Waals surface area contributed by atoms with Crippen LogP contribution in [0.5, 0.6) is 0 Å². The van der Waals surface area contributed by atoms with Crippen LogP contribution in [-0.2, 0) is 27.5 Å². The number of carbonyl (C=O) groups is 2. The van der Waals surface area contributed by atoms with E-state index in [-0.39, 0.29) is 25.7 Å². The van der Waals surface area contributed by atoms with Gasteiger partial charge in [-0.2, -0.15) is 5.10 Å². The zero-order chi connectivity index (χ0) is 22.6. The van der Waals surface area contributed by atoms with Crippen molar-refractivity contribution in [1.29, 1.82) is 0 Å². The first-order chi connectivity index (χ1) is 15.7. The zero-order valence-corrected chi connectivity index (χ0v) is 18.1. The van der Waals surface area contributed by atoms with E-state index < -0.39 is 12.1 Å². The Morgan fingerprint density at radius 2 is 1.72 bits per heavy atom. The molecule has 1 heterocycles. The molecule has 0 aliphatic carbocycles. The second-order valence-electron chi connectivity index (χ2n) is 7.27. The molecule has 1 aliphatic rings. The number of hydrogen-bond acceptors (Lipinski definition) is 6. The zero-order valence-electron chi connectivity index (χ0n) is 18.1. The number of hydrogen-bond donors (Lipinski definition) is 3.